The second kappa shape index (κ2) is 21.0. The number of aromatic nitrogens is 2. The molecule has 6 rings (SSSR count). The summed E-state index contributed by atoms with van der Waals surface area (Å²) in [6.07, 6.45) is 34.3. The Morgan fingerprint density at radius 2 is 0.788 bits per heavy atom. The van der Waals surface area contributed by atoms with Crippen LogP contribution >= 0.6 is 68.0 Å². The molecule has 0 amide bonds. The highest BCUT2D eigenvalue weighted by Crippen LogP contribution is 2.53. The Kier molecular flexibility index (Phi) is 16.3. The van der Waals surface area contributed by atoms with E-state index in [1.807, 2.05) is 51.5 Å². The van der Waals surface area contributed by atoms with E-state index in [1.165, 1.54) is 180 Å². The summed E-state index contributed by atoms with van der Waals surface area (Å²) >= 11 is 11.8. The van der Waals surface area contributed by atoms with Crippen LogP contribution in [-0.2, 0) is 12.8 Å². The van der Waals surface area contributed by atoms with Crippen LogP contribution in [0.25, 0.3) is 48.1 Å². The first-order valence-electron chi connectivity index (χ1n) is 20.5. The SMILES string of the molecule is CCCCCCCCCCCCc1c(-c2cnc(C)s2)sc2c(CCCCCCCCCCCC)c(-c3cc4sc(-c5cnc(C)s5)cc4s3)sc12. The molecule has 52 heavy (non-hydrogen) atoms. The summed E-state index contributed by atoms with van der Waals surface area (Å²) in [7, 11) is 0. The third-order valence-corrected chi connectivity index (χ3v) is 17.8. The van der Waals surface area contributed by atoms with Crippen molar-refractivity contribution in [2.24, 2.45) is 0 Å². The Hall–Kier alpha value is -1.42. The van der Waals surface area contributed by atoms with Gasteiger partial charge in [0.15, 0.2) is 0 Å². The molecule has 0 fully saturated rings. The molecular weight excluding hydrogens is 749 g/mol. The second-order valence-electron chi connectivity index (χ2n) is 14.8. The van der Waals surface area contributed by atoms with Crippen LogP contribution < -0.4 is 0 Å². The summed E-state index contributed by atoms with van der Waals surface area (Å²) in [6.45, 7) is 8.88. The van der Waals surface area contributed by atoms with Crippen LogP contribution in [0, 0.1) is 13.8 Å². The molecule has 0 aliphatic carbocycles. The van der Waals surface area contributed by atoms with E-state index in [4.69, 9.17) is 4.98 Å². The predicted molar refractivity (Wildman–Crippen MR) is 241 cm³/mol. The number of hydrogen-bond acceptors (Lipinski definition) is 8. The first-order chi connectivity index (χ1) is 25.6. The third kappa shape index (κ3) is 10.9. The predicted octanol–water partition coefficient (Wildman–Crippen LogP) is 17.7. The van der Waals surface area contributed by atoms with Gasteiger partial charge in [0.1, 0.15) is 0 Å². The van der Waals surface area contributed by atoms with Gasteiger partial charge in [-0.05, 0) is 62.8 Å². The minimum absolute atomic E-state index is 1.14. The molecule has 0 aliphatic heterocycles. The van der Waals surface area contributed by atoms with Crippen molar-refractivity contribution in [2.75, 3.05) is 0 Å². The zero-order chi connectivity index (χ0) is 36.1. The smallest absolute Gasteiger partial charge is 0.0900 e. The Labute approximate surface area is 338 Å². The second-order valence-corrected chi connectivity index (χ2v) is 21.5. The van der Waals surface area contributed by atoms with Gasteiger partial charge in [-0.1, -0.05) is 129 Å². The molecule has 0 aliphatic rings. The van der Waals surface area contributed by atoms with Crippen molar-refractivity contribution in [3.63, 3.8) is 0 Å². The van der Waals surface area contributed by atoms with E-state index in [1.54, 1.807) is 25.4 Å². The van der Waals surface area contributed by atoms with Gasteiger partial charge < -0.3 is 0 Å². The molecule has 0 atom stereocenters. The number of thiazole rings is 2. The molecule has 0 aromatic carbocycles. The molecule has 0 saturated carbocycles. The molecule has 0 unspecified atom stereocenters. The van der Waals surface area contributed by atoms with Crippen molar-refractivity contribution >= 4 is 86.8 Å². The van der Waals surface area contributed by atoms with E-state index in [9.17, 15) is 0 Å². The van der Waals surface area contributed by atoms with Crippen molar-refractivity contribution in [2.45, 2.75) is 169 Å². The maximum atomic E-state index is 4.72. The van der Waals surface area contributed by atoms with Crippen LogP contribution in [0.3, 0.4) is 0 Å². The van der Waals surface area contributed by atoms with Gasteiger partial charge in [-0.2, -0.15) is 0 Å². The van der Waals surface area contributed by atoms with Crippen molar-refractivity contribution in [1.29, 1.82) is 0 Å². The first-order valence-corrected chi connectivity index (χ1v) is 25.4. The Morgan fingerprint density at radius 3 is 1.23 bits per heavy atom. The topological polar surface area (TPSA) is 25.8 Å². The summed E-state index contributed by atoms with van der Waals surface area (Å²) < 4.78 is 6.01. The highest BCUT2D eigenvalue weighted by Gasteiger charge is 2.24. The van der Waals surface area contributed by atoms with Gasteiger partial charge >= 0.3 is 0 Å². The molecule has 0 saturated heterocycles. The zero-order valence-corrected chi connectivity index (χ0v) is 37.1. The van der Waals surface area contributed by atoms with Crippen LogP contribution in [0.4, 0.5) is 0 Å². The fraction of sp³-hybridized carbons (Fsp3) is 0.591. The Morgan fingerprint density at radius 1 is 0.404 bits per heavy atom. The minimum Gasteiger partial charge on any atom is -0.249 e. The summed E-state index contributed by atoms with van der Waals surface area (Å²) in [6, 6.07) is 4.93. The zero-order valence-electron chi connectivity index (χ0n) is 32.2. The number of rotatable bonds is 25. The molecule has 282 valence electrons. The fourth-order valence-corrected chi connectivity index (χ4v) is 14.8. The lowest BCUT2D eigenvalue weighted by molar-refractivity contribution is 0.556. The molecule has 0 spiro atoms. The largest absolute Gasteiger partial charge is 0.249 e. The van der Waals surface area contributed by atoms with E-state index >= 15 is 0 Å². The van der Waals surface area contributed by atoms with Gasteiger partial charge in [-0.3, -0.25) is 0 Å². The van der Waals surface area contributed by atoms with Crippen LogP contribution in [0.15, 0.2) is 24.5 Å². The normalized spacial score (nSPS) is 12.0. The first kappa shape index (κ1) is 40.2. The number of unbranched alkanes of at least 4 members (excludes halogenated alkanes) is 18. The van der Waals surface area contributed by atoms with Crippen molar-refractivity contribution < 1.29 is 0 Å². The molecule has 0 radical (unpaired) electrons. The molecule has 2 nitrogen and oxygen atoms in total. The molecule has 6 aromatic heterocycles. The van der Waals surface area contributed by atoms with Crippen LogP contribution in [0.1, 0.15) is 163 Å². The molecule has 0 bridgehead atoms. The number of aryl methyl sites for hydroxylation is 4. The minimum atomic E-state index is 1.14. The van der Waals surface area contributed by atoms with Crippen molar-refractivity contribution in [1.82, 2.24) is 9.97 Å². The number of thiophene rings is 4. The quantitative estimate of drug-likeness (QED) is 0.0539. The van der Waals surface area contributed by atoms with Gasteiger partial charge in [-0.15, -0.1) is 68.0 Å². The van der Waals surface area contributed by atoms with Crippen LogP contribution in [-0.4, -0.2) is 9.97 Å². The average Bonchev–Trinajstić information content (AvgIpc) is 3.98. The van der Waals surface area contributed by atoms with E-state index in [0.717, 1.165) is 5.01 Å². The molecule has 6 heterocycles. The third-order valence-electron chi connectivity index (χ3n) is 10.4. The van der Waals surface area contributed by atoms with E-state index in [2.05, 4.69) is 73.7 Å². The number of nitrogens with zero attached hydrogens (tertiary/aromatic N) is 2. The highest BCUT2D eigenvalue weighted by atomic mass is 32.1. The van der Waals surface area contributed by atoms with Crippen molar-refractivity contribution in [3.8, 4) is 29.3 Å². The summed E-state index contributed by atoms with van der Waals surface area (Å²) in [5.41, 5.74) is 3.25. The molecule has 6 aromatic rings. The van der Waals surface area contributed by atoms with E-state index < -0.39 is 0 Å². The monoisotopic (exact) mass is 808 g/mol. The maximum absolute atomic E-state index is 4.72. The van der Waals surface area contributed by atoms with Crippen LogP contribution in [0.2, 0.25) is 0 Å². The Bertz CT molecular complexity index is 1890. The molecule has 0 N–H and O–H groups in total. The van der Waals surface area contributed by atoms with Crippen molar-refractivity contribution in [3.05, 3.63) is 45.7 Å². The summed E-state index contributed by atoms with van der Waals surface area (Å²) in [4.78, 5) is 17.8. The lowest BCUT2D eigenvalue weighted by atomic mass is 10.0. The standard InChI is InChI=1S/C44H60N2S6/c1-5-7-9-11-13-15-17-19-21-23-25-33-41(38-28-36-35(50-38)27-37(49-36)39-29-45-31(3)47-39)51-44-34(26-24-22-20-18-16-14-12-10-8-6-2)42(52-43(33)44)40-30-46-32(4)48-40/h27-30H,5-26H2,1-4H3. The molecular formula is C44H60N2S6. The molecule has 8 heteroatoms. The lowest BCUT2D eigenvalue weighted by Gasteiger charge is -2.05. The number of fused-ring (bicyclic) bond motifs is 2. The van der Waals surface area contributed by atoms with Gasteiger partial charge in [0, 0.05) is 45.8 Å². The Balaban J connectivity index is 1.21. The fourth-order valence-electron chi connectivity index (χ4n) is 7.46. The number of hydrogen-bond donors (Lipinski definition) is 0. The average molecular weight is 809 g/mol. The lowest BCUT2D eigenvalue weighted by Crippen LogP contribution is -1.87. The maximum Gasteiger partial charge on any atom is 0.0900 e. The highest BCUT2D eigenvalue weighted by molar-refractivity contribution is 7.36. The van der Waals surface area contributed by atoms with E-state index in [0.29, 0.717) is 0 Å². The van der Waals surface area contributed by atoms with Gasteiger partial charge in [0.2, 0.25) is 0 Å². The van der Waals surface area contributed by atoms with Crippen LogP contribution in [0.5, 0.6) is 0 Å². The van der Waals surface area contributed by atoms with E-state index in [-0.39, 0.29) is 0 Å². The van der Waals surface area contributed by atoms with Gasteiger partial charge in [0.25, 0.3) is 0 Å². The van der Waals surface area contributed by atoms with Gasteiger partial charge in [-0.25, -0.2) is 9.97 Å². The summed E-state index contributed by atoms with van der Waals surface area (Å²) in [5, 5.41) is 2.32. The van der Waals surface area contributed by atoms with Gasteiger partial charge in [0.05, 0.1) is 24.6 Å². The summed E-state index contributed by atoms with van der Waals surface area (Å²) in [5.74, 6) is 0.